The maximum atomic E-state index is 11.8. The van der Waals surface area contributed by atoms with Gasteiger partial charge in [0.2, 0.25) is 0 Å². The fraction of sp³-hybridized carbons (Fsp3) is 0.125. The molecule has 6 nitrogen and oxygen atoms in total. The Labute approximate surface area is 149 Å². The lowest BCUT2D eigenvalue weighted by atomic mass is 10.1. The van der Waals surface area contributed by atoms with Gasteiger partial charge in [-0.05, 0) is 48.9 Å². The second-order valence-electron chi connectivity index (χ2n) is 5.07. The van der Waals surface area contributed by atoms with E-state index >= 15 is 0 Å². The zero-order valence-electron chi connectivity index (χ0n) is 13.1. The molecule has 0 unspecified atom stereocenters. The molecule has 2 aromatic rings. The van der Waals surface area contributed by atoms with Crippen molar-refractivity contribution >= 4 is 43.2 Å². The van der Waals surface area contributed by atoms with E-state index in [2.05, 4.69) is 31.8 Å². The van der Waals surface area contributed by atoms with Gasteiger partial charge in [-0.1, -0.05) is 28.1 Å². The second-order valence-corrected chi connectivity index (χ2v) is 8.00. The normalized spacial score (nSPS) is 11.9. The first-order valence-electron chi connectivity index (χ1n) is 6.93. The van der Waals surface area contributed by atoms with Crippen LogP contribution < -0.4 is 10.7 Å². The van der Waals surface area contributed by atoms with Gasteiger partial charge in [0, 0.05) is 16.4 Å². The number of sulfone groups is 1. The molecule has 0 aliphatic heterocycles. The highest BCUT2D eigenvalue weighted by Crippen LogP contribution is 2.14. The van der Waals surface area contributed by atoms with Crippen molar-refractivity contribution in [2.45, 2.75) is 11.8 Å². The zero-order chi connectivity index (χ0) is 17.7. The van der Waals surface area contributed by atoms with Crippen LogP contribution in [0.2, 0.25) is 0 Å². The predicted molar refractivity (Wildman–Crippen MR) is 98.1 cm³/mol. The number of carbonyl (C=O) groups is 1. The standard InChI is InChI=1S/C16H16BrN3O3S/c1-11(12-3-5-13(17)6-4-12)19-20-16(21)18-14-7-9-15(10-8-14)24(2,22)23/h3-10H,1-2H3,(H2,18,20,21)/b19-11-. The van der Waals surface area contributed by atoms with Gasteiger partial charge in [0.15, 0.2) is 9.84 Å². The molecule has 0 aliphatic rings. The fourth-order valence-electron chi connectivity index (χ4n) is 1.83. The van der Waals surface area contributed by atoms with Gasteiger partial charge in [-0.25, -0.2) is 18.6 Å². The average Bonchev–Trinajstić information content (AvgIpc) is 2.53. The number of halogens is 1. The van der Waals surface area contributed by atoms with Crippen LogP contribution in [0.1, 0.15) is 12.5 Å². The van der Waals surface area contributed by atoms with Crippen LogP contribution in [0.5, 0.6) is 0 Å². The highest BCUT2D eigenvalue weighted by molar-refractivity contribution is 9.10. The average molecular weight is 410 g/mol. The molecule has 2 rings (SSSR count). The second kappa shape index (κ2) is 7.59. The number of benzene rings is 2. The highest BCUT2D eigenvalue weighted by Gasteiger charge is 2.07. The Morgan fingerprint density at radius 2 is 1.62 bits per heavy atom. The minimum Gasteiger partial charge on any atom is -0.307 e. The Hall–Kier alpha value is -2.19. The minimum absolute atomic E-state index is 0.192. The van der Waals surface area contributed by atoms with Crippen LogP contribution in [0, 0.1) is 0 Å². The lowest BCUT2D eigenvalue weighted by Crippen LogP contribution is -2.25. The minimum atomic E-state index is -3.26. The van der Waals surface area contributed by atoms with Crippen LogP contribution in [0.25, 0.3) is 0 Å². The number of anilines is 1. The quantitative estimate of drug-likeness (QED) is 0.598. The molecule has 126 valence electrons. The molecule has 8 heteroatoms. The highest BCUT2D eigenvalue weighted by atomic mass is 79.9. The van der Waals surface area contributed by atoms with E-state index in [4.69, 9.17) is 0 Å². The van der Waals surface area contributed by atoms with Crippen LogP contribution in [0.4, 0.5) is 10.5 Å². The summed E-state index contributed by atoms with van der Waals surface area (Å²) < 4.78 is 23.7. The van der Waals surface area contributed by atoms with Gasteiger partial charge in [0.1, 0.15) is 0 Å². The van der Waals surface area contributed by atoms with E-state index in [0.717, 1.165) is 16.3 Å². The van der Waals surface area contributed by atoms with Crippen LogP contribution >= 0.6 is 15.9 Å². The first kappa shape index (κ1) is 18.2. The maximum absolute atomic E-state index is 11.8. The van der Waals surface area contributed by atoms with E-state index in [9.17, 15) is 13.2 Å². The number of urea groups is 1. The van der Waals surface area contributed by atoms with Gasteiger partial charge >= 0.3 is 6.03 Å². The number of hydrazone groups is 1. The Kier molecular flexibility index (Phi) is 5.74. The molecule has 0 aromatic heterocycles. The number of amides is 2. The molecule has 0 spiro atoms. The number of hydrogen-bond acceptors (Lipinski definition) is 4. The van der Waals surface area contributed by atoms with Crippen LogP contribution in [-0.2, 0) is 9.84 Å². The van der Waals surface area contributed by atoms with Crippen molar-refractivity contribution in [3.8, 4) is 0 Å². The molecule has 24 heavy (non-hydrogen) atoms. The Bertz CT molecular complexity index is 860. The lowest BCUT2D eigenvalue weighted by Gasteiger charge is -2.06. The SMILES string of the molecule is C/C(=N/NC(=O)Nc1ccc(S(C)(=O)=O)cc1)c1ccc(Br)cc1. The molecule has 0 heterocycles. The first-order chi connectivity index (χ1) is 11.3. The van der Waals surface area contributed by atoms with Crippen molar-refractivity contribution in [1.29, 1.82) is 0 Å². The summed E-state index contributed by atoms with van der Waals surface area (Å²) in [6.45, 7) is 1.78. The molecule has 2 N–H and O–H groups in total. The molecule has 0 saturated heterocycles. The van der Waals surface area contributed by atoms with Crippen molar-refractivity contribution in [1.82, 2.24) is 5.43 Å². The Balaban J connectivity index is 1.98. The third-order valence-corrected chi connectivity index (χ3v) is 4.78. The monoisotopic (exact) mass is 409 g/mol. The van der Waals surface area contributed by atoms with Gasteiger partial charge in [-0.3, -0.25) is 0 Å². The number of nitrogens with one attached hydrogen (secondary N) is 2. The smallest absolute Gasteiger partial charge is 0.307 e. The number of nitrogens with zero attached hydrogens (tertiary/aromatic N) is 1. The summed E-state index contributed by atoms with van der Waals surface area (Å²) in [5.74, 6) is 0. The molecule has 0 bridgehead atoms. The summed E-state index contributed by atoms with van der Waals surface area (Å²) in [4.78, 5) is 12.0. The van der Waals surface area contributed by atoms with Crippen molar-refractivity contribution in [3.63, 3.8) is 0 Å². The van der Waals surface area contributed by atoms with E-state index in [1.165, 1.54) is 24.3 Å². The summed E-state index contributed by atoms with van der Waals surface area (Å²) in [6, 6.07) is 12.9. The summed E-state index contributed by atoms with van der Waals surface area (Å²) in [5.41, 5.74) is 4.41. The van der Waals surface area contributed by atoms with Crippen LogP contribution in [0.15, 0.2) is 63.0 Å². The summed E-state index contributed by atoms with van der Waals surface area (Å²) >= 11 is 3.35. The largest absolute Gasteiger partial charge is 0.339 e. The number of hydrogen-bond donors (Lipinski definition) is 2. The van der Waals surface area contributed by atoms with Crippen molar-refractivity contribution in [2.75, 3.05) is 11.6 Å². The summed E-state index contributed by atoms with van der Waals surface area (Å²) in [5, 5.41) is 6.60. The Morgan fingerprint density at radius 1 is 1.04 bits per heavy atom. The van der Waals surface area contributed by atoms with Crippen LogP contribution in [0.3, 0.4) is 0 Å². The van der Waals surface area contributed by atoms with Gasteiger partial charge in [-0.2, -0.15) is 5.10 Å². The van der Waals surface area contributed by atoms with E-state index in [1.54, 1.807) is 6.92 Å². The van der Waals surface area contributed by atoms with Gasteiger partial charge in [-0.15, -0.1) is 0 Å². The molecule has 0 saturated carbocycles. The first-order valence-corrected chi connectivity index (χ1v) is 9.61. The maximum Gasteiger partial charge on any atom is 0.339 e. The number of rotatable bonds is 4. The molecule has 0 atom stereocenters. The summed E-state index contributed by atoms with van der Waals surface area (Å²) in [6.07, 6.45) is 1.13. The molecule has 0 fully saturated rings. The van der Waals surface area contributed by atoms with Crippen molar-refractivity contribution in [2.24, 2.45) is 5.10 Å². The predicted octanol–water partition coefficient (Wildman–Crippen LogP) is 3.40. The molecule has 2 aromatic carbocycles. The van der Waals surface area contributed by atoms with Crippen LogP contribution in [-0.4, -0.2) is 26.4 Å². The molecular formula is C16H16BrN3O3S. The van der Waals surface area contributed by atoms with E-state index in [0.29, 0.717) is 11.4 Å². The molecule has 0 aliphatic carbocycles. The Morgan fingerprint density at radius 3 is 2.17 bits per heavy atom. The van der Waals surface area contributed by atoms with Crippen molar-refractivity contribution in [3.05, 3.63) is 58.6 Å². The third kappa shape index (κ3) is 5.17. The van der Waals surface area contributed by atoms with E-state index in [-0.39, 0.29) is 4.90 Å². The molecular weight excluding hydrogens is 394 g/mol. The number of carbonyl (C=O) groups excluding carboxylic acids is 1. The van der Waals surface area contributed by atoms with Crippen molar-refractivity contribution < 1.29 is 13.2 Å². The van der Waals surface area contributed by atoms with Gasteiger partial charge < -0.3 is 5.32 Å². The molecule has 0 radical (unpaired) electrons. The third-order valence-electron chi connectivity index (χ3n) is 3.13. The topological polar surface area (TPSA) is 87.6 Å². The molecule has 2 amide bonds. The fourth-order valence-corrected chi connectivity index (χ4v) is 2.73. The van der Waals surface area contributed by atoms with Gasteiger partial charge in [0.25, 0.3) is 0 Å². The lowest BCUT2D eigenvalue weighted by molar-refractivity contribution is 0.252. The van der Waals surface area contributed by atoms with E-state index < -0.39 is 15.9 Å². The summed E-state index contributed by atoms with van der Waals surface area (Å²) in [7, 11) is -3.26. The van der Waals surface area contributed by atoms with Gasteiger partial charge in [0.05, 0.1) is 10.6 Å². The zero-order valence-corrected chi connectivity index (χ0v) is 15.5. The van der Waals surface area contributed by atoms with E-state index in [1.807, 2.05) is 24.3 Å².